The lowest BCUT2D eigenvalue weighted by Gasteiger charge is -2.16. The fourth-order valence-corrected chi connectivity index (χ4v) is 3.56. The summed E-state index contributed by atoms with van der Waals surface area (Å²) in [4.78, 5) is 17.5. The second-order valence-electron chi connectivity index (χ2n) is 4.82. The number of rotatable bonds is 1. The molecule has 0 aliphatic carbocycles. The minimum absolute atomic E-state index is 0.162. The fourth-order valence-electron chi connectivity index (χ4n) is 2.38. The van der Waals surface area contributed by atoms with Crippen molar-refractivity contribution in [3.63, 3.8) is 0 Å². The van der Waals surface area contributed by atoms with Gasteiger partial charge >= 0.3 is 6.18 Å². The van der Waals surface area contributed by atoms with Gasteiger partial charge in [-0.05, 0) is 25.0 Å². The van der Waals surface area contributed by atoms with Crippen molar-refractivity contribution in [1.29, 1.82) is 0 Å². The van der Waals surface area contributed by atoms with Crippen LogP contribution in [0.1, 0.15) is 29.0 Å². The van der Waals surface area contributed by atoms with Gasteiger partial charge < -0.3 is 4.90 Å². The summed E-state index contributed by atoms with van der Waals surface area (Å²) in [5.41, 5.74) is -1.22. The van der Waals surface area contributed by atoms with Crippen LogP contribution in [0.2, 0.25) is 4.34 Å². The number of carbonyl (C=O) groups is 1. The van der Waals surface area contributed by atoms with Crippen LogP contribution < -0.4 is 0 Å². The van der Waals surface area contributed by atoms with Crippen molar-refractivity contribution >= 4 is 38.9 Å². The molecule has 3 rings (SSSR count). The van der Waals surface area contributed by atoms with Crippen molar-refractivity contribution in [2.45, 2.75) is 19.0 Å². The SMILES string of the molecule is O=C(c1nc(C(F)(F)F)cc2sc(Cl)cc12)N1CCCC1. The van der Waals surface area contributed by atoms with E-state index in [2.05, 4.69) is 4.98 Å². The Hall–Kier alpha value is -1.34. The zero-order valence-electron chi connectivity index (χ0n) is 10.7. The number of fused-ring (bicyclic) bond motifs is 1. The number of alkyl halides is 3. The Balaban J connectivity index is 2.16. The predicted octanol–water partition coefficient (Wildman–Crippen LogP) is 4.20. The zero-order valence-corrected chi connectivity index (χ0v) is 12.3. The molecule has 0 spiro atoms. The summed E-state index contributed by atoms with van der Waals surface area (Å²) >= 11 is 6.88. The Morgan fingerprint density at radius 1 is 1.29 bits per heavy atom. The smallest absolute Gasteiger partial charge is 0.337 e. The average Bonchev–Trinajstić information content (AvgIpc) is 3.03. The lowest BCUT2D eigenvalue weighted by atomic mass is 10.2. The first-order valence-electron chi connectivity index (χ1n) is 6.33. The Kier molecular flexibility index (Phi) is 3.57. The van der Waals surface area contributed by atoms with Crippen LogP contribution in [0.25, 0.3) is 10.1 Å². The molecule has 1 aliphatic rings. The molecule has 2 aromatic rings. The molecule has 0 saturated carbocycles. The summed E-state index contributed by atoms with van der Waals surface area (Å²) in [5.74, 6) is -0.460. The maximum absolute atomic E-state index is 12.9. The highest BCUT2D eigenvalue weighted by Gasteiger charge is 2.35. The van der Waals surface area contributed by atoms with Gasteiger partial charge in [0.1, 0.15) is 11.4 Å². The van der Waals surface area contributed by atoms with E-state index in [1.54, 1.807) is 0 Å². The van der Waals surface area contributed by atoms with Crippen molar-refractivity contribution in [2.24, 2.45) is 0 Å². The minimum atomic E-state index is -4.59. The molecule has 0 aromatic carbocycles. The highest BCUT2D eigenvalue weighted by Crippen LogP contribution is 2.36. The largest absolute Gasteiger partial charge is 0.433 e. The highest BCUT2D eigenvalue weighted by atomic mass is 35.5. The Labute approximate surface area is 127 Å². The number of carbonyl (C=O) groups excluding carboxylic acids is 1. The van der Waals surface area contributed by atoms with Gasteiger partial charge in [-0.15, -0.1) is 11.3 Å². The lowest BCUT2D eigenvalue weighted by molar-refractivity contribution is -0.141. The van der Waals surface area contributed by atoms with Crippen molar-refractivity contribution in [1.82, 2.24) is 9.88 Å². The quantitative estimate of drug-likeness (QED) is 0.783. The maximum atomic E-state index is 12.9. The van der Waals surface area contributed by atoms with E-state index < -0.39 is 17.8 Å². The van der Waals surface area contributed by atoms with Gasteiger partial charge in [0.25, 0.3) is 5.91 Å². The number of halogens is 4. The van der Waals surface area contributed by atoms with Gasteiger partial charge in [-0.2, -0.15) is 13.2 Å². The number of likely N-dealkylation sites (tertiary alicyclic amines) is 1. The Bertz CT molecular complexity index is 707. The van der Waals surface area contributed by atoms with E-state index >= 15 is 0 Å². The third-order valence-electron chi connectivity index (χ3n) is 3.37. The van der Waals surface area contributed by atoms with Crippen LogP contribution in [-0.4, -0.2) is 28.9 Å². The molecule has 1 aliphatic heterocycles. The first-order valence-corrected chi connectivity index (χ1v) is 7.52. The van der Waals surface area contributed by atoms with E-state index in [-0.39, 0.29) is 5.69 Å². The number of hydrogen-bond acceptors (Lipinski definition) is 3. The van der Waals surface area contributed by atoms with Crippen LogP contribution in [0.15, 0.2) is 12.1 Å². The van der Waals surface area contributed by atoms with Crippen molar-refractivity contribution in [3.05, 3.63) is 27.9 Å². The third kappa shape index (κ3) is 2.72. The van der Waals surface area contributed by atoms with E-state index in [9.17, 15) is 18.0 Å². The molecular formula is C13H10ClF3N2OS. The second-order valence-corrected chi connectivity index (χ2v) is 6.53. The van der Waals surface area contributed by atoms with E-state index in [1.165, 1.54) is 11.0 Å². The third-order valence-corrected chi connectivity index (χ3v) is 4.58. The molecule has 112 valence electrons. The number of nitrogens with zero attached hydrogens (tertiary/aromatic N) is 2. The summed E-state index contributed by atoms with van der Waals surface area (Å²) in [5, 5.41) is 0.384. The van der Waals surface area contributed by atoms with Gasteiger partial charge in [0.15, 0.2) is 0 Å². The zero-order chi connectivity index (χ0) is 15.2. The molecule has 0 bridgehead atoms. The van der Waals surface area contributed by atoms with E-state index in [0.717, 1.165) is 30.2 Å². The van der Waals surface area contributed by atoms with Crippen LogP contribution in [0.5, 0.6) is 0 Å². The van der Waals surface area contributed by atoms with E-state index in [4.69, 9.17) is 11.6 Å². The summed E-state index contributed by atoms with van der Waals surface area (Å²) in [7, 11) is 0. The number of aromatic nitrogens is 1. The maximum Gasteiger partial charge on any atom is 0.433 e. The molecule has 0 unspecified atom stereocenters. The molecule has 1 fully saturated rings. The molecule has 1 amide bonds. The van der Waals surface area contributed by atoms with Crippen LogP contribution in [-0.2, 0) is 6.18 Å². The summed E-state index contributed by atoms with van der Waals surface area (Å²) < 4.78 is 39.4. The van der Waals surface area contributed by atoms with Gasteiger partial charge in [0.05, 0.1) is 4.34 Å². The Morgan fingerprint density at radius 2 is 1.95 bits per heavy atom. The molecule has 0 radical (unpaired) electrons. The molecule has 2 aromatic heterocycles. The van der Waals surface area contributed by atoms with Crippen molar-refractivity contribution in [2.75, 3.05) is 13.1 Å². The highest BCUT2D eigenvalue weighted by molar-refractivity contribution is 7.22. The van der Waals surface area contributed by atoms with Gasteiger partial charge in [-0.1, -0.05) is 11.6 Å². The molecule has 0 atom stereocenters. The van der Waals surface area contributed by atoms with E-state index in [1.807, 2.05) is 0 Å². The summed E-state index contributed by atoms with van der Waals surface area (Å²) in [6.07, 6.45) is -2.87. The van der Waals surface area contributed by atoms with Gasteiger partial charge in [0, 0.05) is 23.2 Å². The van der Waals surface area contributed by atoms with Crippen molar-refractivity contribution in [3.8, 4) is 0 Å². The normalized spacial score (nSPS) is 15.9. The fraction of sp³-hybridized carbons (Fsp3) is 0.385. The molecule has 8 heteroatoms. The number of hydrogen-bond donors (Lipinski definition) is 0. The number of pyridine rings is 1. The second kappa shape index (κ2) is 5.14. The molecular weight excluding hydrogens is 325 g/mol. The van der Waals surface area contributed by atoms with Crippen LogP contribution in [0.4, 0.5) is 13.2 Å². The van der Waals surface area contributed by atoms with Crippen LogP contribution >= 0.6 is 22.9 Å². The molecule has 21 heavy (non-hydrogen) atoms. The first kappa shape index (κ1) is 14.6. The molecule has 0 N–H and O–H groups in total. The average molecular weight is 335 g/mol. The standard InChI is InChI=1S/C13H10ClF3N2OS/c14-10-5-7-8(21-10)6-9(13(15,16)17)18-11(7)12(20)19-3-1-2-4-19/h5-6H,1-4H2. The molecule has 3 heterocycles. The first-order chi connectivity index (χ1) is 9.86. The topological polar surface area (TPSA) is 33.2 Å². The minimum Gasteiger partial charge on any atom is -0.337 e. The van der Waals surface area contributed by atoms with Gasteiger partial charge in [-0.25, -0.2) is 4.98 Å². The summed E-state index contributed by atoms with van der Waals surface area (Å²) in [6.45, 7) is 1.10. The predicted molar refractivity (Wildman–Crippen MR) is 74.8 cm³/mol. The summed E-state index contributed by atoms with van der Waals surface area (Å²) in [6, 6.07) is 2.44. The van der Waals surface area contributed by atoms with Gasteiger partial charge in [-0.3, -0.25) is 4.79 Å². The van der Waals surface area contributed by atoms with Crippen LogP contribution in [0, 0.1) is 0 Å². The number of thiophene rings is 1. The Morgan fingerprint density at radius 3 is 2.57 bits per heavy atom. The van der Waals surface area contributed by atoms with Crippen molar-refractivity contribution < 1.29 is 18.0 Å². The molecule has 3 nitrogen and oxygen atoms in total. The van der Waals surface area contributed by atoms with E-state index in [0.29, 0.717) is 27.5 Å². The van der Waals surface area contributed by atoms with Crippen LogP contribution in [0.3, 0.4) is 0 Å². The van der Waals surface area contributed by atoms with Gasteiger partial charge in [0.2, 0.25) is 0 Å². The monoisotopic (exact) mass is 334 g/mol. The number of amides is 1. The molecule has 1 saturated heterocycles. The lowest BCUT2D eigenvalue weighted by Crippen LogP contribution is -2.29.